The van der Waals surface area contributed by atoms with Gasteiger partial charge >= 0.3 is 0 Å². The van der Waals surface area contributed by atoms with Gasteiger partial charge in [0.2, 0.25) is 0 Å². The molecule has 1 unspecified atom stereocenters. The van der Waals surface area contributed by atoms with Gasteiger partial charge in [-0.25, -0.2) is 0 Å². The molecule has 0 aliphatic carbocycles. The summed E-state index contributed by atoms with van der Waals surface area (Å²) < 4.78 is 5.83. The molecule has 0 aromatic heterocycles. The van der Waals surface area contributed by atoms with Crippen molar-refractivity contribution in [3.05, 3.63) is 101 Å². The minimum Gasteiger partial charge on any atom is -0.507 e. The van der Waals surface area contributed by atoms with Crippen molar-refractivity contribution >= 4 is 23.1 Å². The number of aliphatic hydroxyl groups excluding tert-OH is 1. The summed E-state index contributed by atoms with van der Waals surface area (Å²) in [5, 5.41) is 11.3. The summed E-state index contributed by atoms with van der Waals surface area (Å²) in [4.78, 5) is 27.8. The molecular formula is C28H27NO4. The highest BCUT2D eigenvalue weighted by Crippen LogP contribution is 2.42. The lowest BCUT2D eigenvalue weighted by molar-refractivity contribution is -0.132. The minimum absolute atomic E-state index is 0.0744. The van der Waals surface area contributed by atoms with Crippen molar-refractivity contribution in [2.75, 3.05) is 11.5 Å². The zero-order valence-electron chi connectivity index (χ0n) is 19.0. The van der Waals surface area contributed by atoms with E-state index in [1.54, 1.807) is 30.3 Å². The van der Waals surface area contributed by atoms with Crippen LogP contribution in [-0.2, 0) is 9.59 Å². The van der Waals surface area contributed by atoms with E-state index < -0.39 is 17.7 Å². The summed E-state index contributed by atoms with van der Waals surface area (Å²) in [5.41, 5.74) is 2.73. The molecule has 33 heavy (non-hydrogen) atoms. The fourth-order valence-corrected chi connectivity index (χ4v) is 4.01. The molecule has 168 valence electrons. The average molecular weight is 442 g/mol. The van der Waals surface area contributed by atoms with Crippen LogP contribution in [0, 0.1) is 12.8 Å². The summed E-state index contributed by atoms with van der Waals surface area (Å²) in [7, 11) is 0. The molecule has 1 amide bonds. The average Bonchev–Trinajstić information content (AvgIpc) is 3.09. The monoisotopic (exact) mass is 441 g/mol. The van der Waals surface area contributed by atoms with E-state index in [9.17, 15) is 14.7 Å². The number of aliphatic hydroxyl groups is 1. The highest BCUT2D eigenvalue weighted by Gasteiger charge is 2.46. The molecule has 1 heterocycles. The number of para-hydroxylation sites is 1. The van der Waals surface area contributed by atoms with Gasteiger partial charge in [0.25, 0.3) is 11.7 Å². The lowest BCUT2D eigenvalue weighted by Crippen LogP contribution is -2.29. The van der Waals surface area contributed by atoms with Gasteiger partial charge in [0.15, 0.2) is 0 Å². The molecule has 5 heteroatoms. The van der Waals surface area contributed by atoms with E-state index in [1.807, 2.05) is 55.5 Å². The number of rotatable bonds is 6. The van der Waals surface area contributed by atoms with Crippen LogP contribution in [0.3, 0.4) is 0 Å². The number of hydrogen-bond acceptors (Lipinski definition) is 4. The molecule has 0 bridgehead atoms. The third-order valence-electron chi connectivity index (χ3n) is 5.61. The number of aryl methyl sites for hydroxylation is 1. The van der Waals surface area contributed by atoms with Crippen LogP contribution in [0.2, 0.25) is 0 Å². The molecule has 1 fully saturated rings. The van der Waals surface area contributed by atoms with Crippen molar-refractivity contribution in [3.8, 4) is 5.75 Å². The van der Waals surface area contributed by atoms with Crippen molar-refractivity contribution < 1.29 is 19.4 Å². The second kappa shape index (κ2) is 9.33. The van der Waals surface area contributed by atoms with Crippen molar-refractivity contribution in [2.24, 2.45) is 5.92 Å². The van der Waals surface area contributed by atoms with Crippen molar-refractivity contribution in [3.63, 3.8) is 0 Å². The Balaban J connectivity index is 1.82. The van der Waals surface area contributed by atoms with Crippen LogP contribution in [-0.4, -0.2) is 23.4 Å². The molecule has 0 saturated carbocycles. The number of amides is 1. The second-order valence-corrected chi connectivity index (χ2v) is 8.60. The number of ether oxygens (including phenoxy) is 1. The van der Waals surface area contributed by atoms with E-state index in [0.29, 0.717) is 23.8 Å². The van der Waals surface area contributed by atoms with E-state index in [0.717, 1.165) is 16.9 Å². The van der Waals surface area contributed by atoms with Crippen LogP contribution in [0.25, 0.3) is 5.76 Å². The second-order valence-electron chi connectivity index (χ2n) is 8.60. The van der Waals surface area contributed by atoms with Gasteiger partial charge in [0.1, 0.15) is 11.5 Å². The lowest BCUT2D eigenvalue weighted by atomic mass is 9.94. The first kappa shape index (κ1) is 22.3. The standard InChI is InChI=1S/C28H27NO4/c1-18(2)17-33-23-15-14-21(16-19(23)3)26(30)24-25(20-10-6-4-7-11-20)29(28(32)27(24)31)22-12-8-5-9-13-22/h4-16,18,25,30H,17H2,1-3H3/b26-24-. The fraction of sp³-hybridized carbons (Fsp3) is 0.214. The van der Waals surface area contributed by atoms with Gasteiger partial charge in [-0.05, 0) is 54.3 Å². The van der Waals surface area contributed by atoms with Crippen LogP contribution < -0.4 is 9.64 Å². The molecule has 3 aromatic rings. The number of benzene rings is 3. The van der Waals surface area contributed by atoms with Crippen molar-refractivity contribution in [1.29, 1.82) is 0 Å². The Morgan fingerprint density at radius 3 is 2.21 bits per heavy atom. The van der Waals surface area contributed by atoms with Gasteiger partial charge in [0.05, 0.1) is 18.2 Å². The maximum Gasteiger partial charge on any atom is 0.300 e. The van der Waals surface area contributed by atoms with Crippen LogP contribution in [0.5, 0.6) is 5.75 Å². The molecule has 1 aliphatic heterocycles. The Bertz CT molecular complexity index is 1200. The van der Waals surface area contributed by atoms with Crippen molar-refractivity contribution in [2.45, 2.75) is 26.8 Å². The molecular weight excluding hydrogens is 414 g/mol. The zero-order chi connectivity index (χ0) is 23.5. The highest BCUT2D eigenvalue weighted by atomic mass is 16.5. The summed E-state index contributed by atoms with van der Waals surface area (Å²) in [6, 6.07) is 22.9. The molecule has 4 rings (SSSR count). The molecule has 0 spiro atoms. The Labute approximate surface area is 193 Å². The van der Waals surface area contributed by atoms with E-state index in [1.165, 1.54) is 4.90 Å². The topological polar surface area (TPSA) is 66.8 Å². The Morgan fingerprint density at radius 2 is 1.61 bits per heavy atom. The molecule has 0 radical (unpaired) electrons. The largest absolute Gasteiger partial charge is 0.507 e. The third kappa shape index (κ3) is 4.40. The Kier molecular flexibility index (Phi) is 6.31. The lowest BCUT2D eigenvalue weighted by Gasteiger charge is -2.25. The minimum atomic E-state index is -0.731. The van der Waals surface area contributed by atoms with E-state index >= 15 is 0 Å². The predicted molar refractivity (Wildman–Crippen MR) is 129 cm³/mol. The van der Waals surface area contributed by atoms with Crippen LogP contribution in [0.1, 0.15) is 36.6 Å². The first-order valence-corrected chi connectivity index (χ1v) is 11.0. The van der Waals surface area contributed by atoms with Gasteiger partial charge in [0, 0.05) is 11.3 Å². The maximum atomic E-state index is 13.2. The zero-order valence-corrected chi connectivity index (χ0v) is 19.0. The van der Waals surface area contributed by atoms with E-state index in [-0.39, 0.29) is 11.3 Å². The van der Waals surface area contributed by atoms with Crippen LogP contribution >= 0.6 is 0 Å². The summed E-state index contributed by atoms with van der Waals surface area (Å²) in [6.45, 7) is 6.63. The summed E-state index contributed by atoms with van der Waals surface area (Å²) >= 11 is 0. The Morgan fingerprint density at radius 1 is 0.970 bits per heavy atom. The maximum absolute atomic E-state index is 13.2. The van der Waals surface area contributed by atoms with E-state index in [4.69, 9.17) is 4.74 Å². The number of hydrogen-bond donors (Lipinski definition) is 1. The van der Waals surface area contributed by atoms with Gasteiger partial charge in [-0.15, -0.1) is 0 Å². The van der Waals surface area contributed by atoms with Crippen LogP contribution in [0.4, 0.5) is 5.69 Å². The smallest absolute Gasteiger partial charge is 0.300 e. The van der Waals surface area contributed by atoms with Gasteiger partial charge in [-0.3, -0.25) is 14.5 Å². The first-order chi connectivity index (χ1) is 15.9. The number of anilines is 1. The number of carbonyl (C=O) groups excluding carboxylic acids is 2. The van der Waals surface area contributed by atoms with Crippen LogP contribution in [0.15, 0.2) is 84.4 Å². The third-order valence-corrected chi connectivity index (χ3v) is 5.61. The molecule has 5 nitrogen and oxygen atoms in total. The normalized spacial score (nSPS) is 17.6. The van der Waals surface area contributed by atoms with Gasteiger partial charge in [-0.1, -0.05) is 62.4 Å². The molecule has 1 N–H and O–H groups in total. The molecule has 3 aromatic carbocycles. The number of carbonyl (C=O) groups is 2. The number of ketones is 1. The molecule has 1 saturated heterocycles. The Hall–Kier alpha value is -3.86. The first-order valence-electron chi connectivity index (χ1n) is 11.0. The molecule has 1 atom stereocenters. The van der Waals surface area contributed by atoms with E-state index in [2.05, 4.69) is 13.8 Å². The predicted octanol–water partition coefficient (Wildman–Crippen LogP) is 5.66. The van der Waals surface area contributed by atoms with Crippen molar-refractivity contribution in [1.82, 2.24) is 0 Å². The number of Topliss-reactive ketones (excluding diaryl/α,β-unsaturated/α-hetero) is 1. The quantitative estimate of drug-likeness (QED) is 0.305. The number of nitrogens with zero attached hydrogens (tertiary/aromatic N) is 1. The van der Waals surface area contributed by atoms with Gasteiger partial charge < -0.3 is 9.84 Å². The fourth-order valence-electron chi connectivity index (χ4n) is 4.01. The summed E-state index contributed by atoms with van der Waals surface area (Å²) in [6.07, 6.45) is 0. The van der Waals surface area contributed by atoms with Gasteiger partial charge in [-0.2, -0.15) is 0 Å². The molecule has 1 aliphatic rings. The highest BCUT2D eigenvalue weighted by molar-refractivity contribution is 6.51. The summed E-state index contributed by atoms with van der Waals surface area (Å²) in [5.74, 6) is -0.450. The SMILES string of the molecule is Cc1cc(/C(O)=C2/C(=O)C(=O)N(c3ccccc3)C2c2ccccc2)ccc1OCC(C)C.